The lowest BCUT2D eigenvalue weighted by Gasteiger charge is -2.06. The summed E-state index contributed by atoms with van der Waals surface area (Å²) >= 11 is 0. The third kappa shape index (κ3) is 5.51. The van der Waals surface area contributed by atoms with Crippen molar-refractivity contribution >= 4 is 11.8 Å². The molecule has 0 N–H and O–H groups in total. The van der Waals surface area contributed by atoms with E-state index in [-0.39, 0.29) is 18.1 Å². The van der Waals surface area contributed by atoms with Crippen molar-refractivity contribution in [1.29, 1.82) is 0 Å². The minimum atomic E-state index is -0.459. The number of ether oxygens (including phenoxy) is 1. The molecule has 0 aromatic carbocycles. The van der Waals surface area contributed by atoms with Crippen LogP contribution in [0.1, 0.15) is 33.6 Å². The van der Waals surface area contributed by atoms with Crippen LogP contribution < -0.4 is 0 Å². The Bertz CT molecular complexity index is 237. The molecule has 0 aliphatic rings. The highest BCUT2D eigenvalue weighted by molar-refractivity contribution is 5.96. The molecule has 0 bridgehead atoms. The van der Waals surface area contributed by atoms with Gasteiger partial charge in [0, 0.05) is 5.92 Å². The van der Waals surface area contributed by atoms with Crippen LogP contribution in [-0.2, 0) is 14.3 Å². The van der Waals surface area contributed by atoms with Gasteiger partial charge in [-0.1, -0.05) is 18.6 Å². The van der Waals surface area contributed by atoms with Crippen LogP contribution in [0.2, 0.25) is 0 Å². The van der Waals surface area contributed by atoms with Crippen LogP contribution in [0.3, 0.4) is 0 Å². The van der Waals surface area contributed by atoms with Crippen LogP contribution in [-0.4, -0.2) is 18.9 Å². The molecule has 0 saturated carbocycles. The van der Waals surface area contributed by atoms with Gasteiger partial charge in [-0.3, -0.25) is 9.59 Å². The Labute approximate surface area is 85.1 Å². The molecule has 0 amide bonds. The number of carbonyl (C=O) groups is 2. The molecule has 14 heavy (non-hydrogen) atoms. The predicted octanol–water partition coefficient (Wildman–Crippen LogP) is 2.11. The minimum absolute atomic E-state index is 0.0608. The Balaban J connectivity index is 4.00. The van der Waals surface area contributed by atoms with Crippen molar-refractivity contribution < 1.29 is 14.3 Å². The zero-order chi connectivity index (χ0) is 11.1. The third-order valence-corrected chi connectivity index (χ3v) is 1.98. The maximum absolute atomic E-state index is 11.4. The largest absolute Gasteiger partial charge is 0.469 e. The van der Waals surface area contributed by atoms with Crippen molar-refractivity contribution in [2.24, 2.45) is 5.92 Å². The summed E-state index contributed by atoms with van der Waals surface area (Å²) in [5, 5.41) is 0. The molecule has 0 radical (unpaired) electrons. The van der Waals surface area contributed by atoms with Crippen LogP contribution in [0.5, 0.6) is 0 Å². The second-order valence-electron chi connectivity index (χ2n) is 3.64. The quantitative estimate of drug-likeness (QED) is 0.386. The van der Waals surface area contributed by atoms with Crippen LogP contribution in [0, 0.1) is 5.92 Å². The normalized spacial score (nSPS) is 11.7. The Morgan fingerprint density at radius 3 is 2.36 bits per heavy atom. The number of rotatable bonds is 5. The number of Topliss-reactive ketones (excluding diaryl/α,β-unsaturated/α-hetero) is 1. The molecule has 0 aliphatic heterocycles. The van der Waals surface area contributed by atoms with Crippen molar-refractivity contribution in [3.05, 3.63) is 11.6 Å². The summed E-state index contributed by atoms with van der Waals surface area (Å²) in [6, 6.07) is 0. The first-order chi connectivity index (χ1) is 6.47. The van der Waals surface area contributed by atoms with E-state index in [0.717, 1.165) is 0 Å². The molecule has 3 nitrogen and oxygen atoms in total. The van der Waals surface area contributed by atoms with Gasteiger partial charge in [0.2, 0.25) is 0 Å². The zero-order valence-corrected chi connectivity index (χ0v) is 9.29. The smallest absolute Gasteiger partial charge is 0.313 e. The van der Waals surface area contributed by atoms with E-state index in [1.54, 1.807) is 0 Å². The average molecular weight is 198 g/mol. The van der Waals surface area contributed by atoms with E-state index in [1.807, 2.05) is 26.8 Å². The van der Waals surface area contributed by atoms with E-state index in [0.29, 0.717) is 6.42 Å². The standard InChI is InChI=1S/C11H18O3/c1-8(2)5-6-9(3)10(12)7-11(13)14-4/h5,9H,6-7H2,1-4H3/t9-/m0/s1. The van der Waals surface area contributed by atoms with Crippen LogP contribution in [0.25, 0.3) is 0 Å². The van der Waals surface area contributed by atoms with Crippen molar-refractivity contribution in [2.45, 2.75) is 33.6 Å². The highest BCUT2D eigenvalue weighted by Crippen LogP contribution is 2.09. The highest BCUT2D eigenvalue weighted by atomic mass is 16.5. The number of methoxy groups -OCH3 is 1. The van der Waals surface area contributed by atoms with Gasteiger partial charge in [-0.05, 0) is 20.3 Å². The number of ketones is 1. The number of esters is 1. The van der Waals surface area contributed by atoms with Crippen molar-refractivity contribution in [1.82, 2.24) is 0 Å². The maximum Gasteiger partial charge on any atom is 0.313 e. The van der Waals surface area contributed by atoms with Gasteiger partial charge in [-0.25, -0.2) is 0 Å². The molecule has 0 aromatic heterocycles. The molecule has 0 spiro atoms. The van der Waals surface area contributed by atoms with E-state index < -0.39 is 5.97 Å². The fourth-order valence-corrected chi connectivity index (χ4v) is 0.933. The molecular weight excluding hydrogens is 180 g/mol. The first kappa shape index (κ1) is 12.9. The summed E-state index contributed by atoms with van der Waals surface area (Å²) in [4.78, 5) is 22.2. The van der Waals surface area contributed by atoms with Gasteiger partial charge in [0.05, 0.1) is 7.11 Å². The second kappa shape index (κ2) is 6.35. The van der Waals surface area contributed by atoms with Gasteiger partial charge >= 0.3 is 5.97 Å². The summed E-state index contributed by atoms with van der Waals surface area (Å²) in [7, 11) is 1.29. The molecule has 0 heterocycles. The molecule has 0 fully saturated rings. The number of carbonyl (C=O) groups excluding carboxylic acids is 2. The highest BCUT2D eigenvalue weighted by Gasteiger charge is 2.15. The molecule has 0 aromatic rings. The van der Waals surface area contributed by atoms with Crippen LogP contribution in [0.15, 0.2) is 11.6 Å². The average Bonchev–Trinajstić information content (AvgIpc) is 2.13. The zero-order valence-electron chi connectivity index (χ0n) is 9.29. The van der Waals surface area contributed by atoms with Gasteiger partial charge in [0.15, 0.2) is 0 Å². The molecule has 0 unspecified atom stereocenters. The van der Waals surface area contributed by atoms with Gasteiger partial charge in [0.1, 0.15) is 12.2 Å². The summed E-state index contributed by atoms with van der Waals surface area (Å²) < 4.78 is 4.42. The Hall–Kier alpha value is -1.12. The van der Waals surface area contributed by atoms with Gasteiger partial charge in [0.25, 0.3) is 0 Å². The van der Waals surface area contributed by atoms with Crippen LogP contribution >= 0.6 is 0 Å². The predicted molar refractivity (Wildman–Crippen MR) is 54.9 cm³/mol. The first-order valence-electron chi connectivity index (χ1n) is 4.70. The van der Waals surface area contributed by atoms with Crippen molar-refractivity contribution in [2.75, 3.05) is 7.11 Å². The fourth-order valence-electron chi connectivity index (χ4n) is 0.933. The summed E-state index contributed by atoms with van der Waals surface area (Å²) in [6.45, 7) is 5.79. The minimum Gasteiger partial charge on any atom is -0.469 e. The van der Waals surface area contributed by atoms with E-state index in [2.05, 4.69) is 4.74 Å². The van der Waals surface area contributed by atoms with Gasteiger partial charge < -0.3 is 4.74 Å². The lowest BCUT2D eigenvalue weighted by molar-refractivity contribution is -0.144. The monoisotopic (exact) mass is 198 g/mol. The Kier molecular flexibility index (Phi) is 5.84. The number of hydrogen-bond donors (Lipinski definition) is 0. The number of allylic oxidation sites excluding steroid dienone is 2. The van der Waals surface area contributed by atoms with Crippen molar-refractivity contribution in [3.8, 4) is 0 Å². The molecular formula is C11H18O3. The molecule has 1 atom stereocenters. The van der Waals surface area contributed by atoms with Gasteiger partial charge in [-0.15, -0.1) is 0 Å². The topological polar surface area (TPSA) is 43.4 Å². The number of hydrogen-bond acceptors (Lipinski definition) is 3. The lowest BCUT2D eigenvalue weighted by atomic mass is 9.99. The molecule has 0 aliphatic carbocycles. The van der Waals surface area contributed by atoms with E-state index in [1.165, 1.54) is 12.7 Å². The Morgan fingerprint density at radius 2 is 1.93 bits per heavy atom. The summed E-state index contributed by atoms with van der Waals surface area (Å²) in [5.41, 5.74) is 1.18. The molecule has 0 rings (SSSR count). The maximum atomic E-state index is 11.4. The molecule has 80 valence electrons. The third-order valence-electron chi connectivity index (χ3n) is 1.98. The molecule has 0 saturated heterocycles. The Morgan fingerprint density at radius 1 is 1.36 bits per heavy atom. The summed E-state index contributed by atoms with van der Waals surface area (Å²) in [6.07, 6.45) is 2.58. The van der Waals surface area contributed by atoms with E-state index >= 15 is 0 Å². The van der Waals surface area contributed by atoms with Crippen LogP contribution in [0.4, 0.5) is 0 Å². The van der Waals surface area contributed by atoms with Gasteiger partial charge in [-0.2, -0.15) is 0 Å². The van der Waals surface area contributed by atoms with E-state index in [4.69, 9.17) is 0 Å². The van der Waals surface area contributed by atoms with Crippen molar-refractivity contribution in [3.63, 3.8) is 0 Å². The first-order valence-corrected chi connectivity index (χ1v) is 4.70. The van der Waals surface area contributed by atoms with E-state index in [9.17, 15) is 9.59 Å². The second-order valence-corrected chi connectivity index (χ2v) is 3.64. The summed E-state index contributed by atoms with van der Waals surface area (Å²) in [5.74, 6) is -0.627. The molecule has 3 heteroatoms. The SMILES string of the molecule is COC(=O)CC(=O)[C@@H](C)CC=C(C)C. The lowest BCUT2D eigenvalue weighted by Crippen LogP contribution is -2.16. The fraction of sp³-hybridized carbons (Fsp3) is 0.636.